The molecule has 2 heterocycles. The number of aliphatic hydroxyl groups is 1. The van der Waals surface area contributed by atoms with Crippen molar-refractivity contribution in [3.8, 4) is 0 Å². The fourth-order valence-electron chi connectivity index (χ4n) is 4.82. The van der Waals surface area contributed by atoms with Crippen LogP contribution in [0.2, 0.25) is 0 Å². The normalized spacial score (nSPS) is 26.2. The second kappa shape index (κ2) is 16.4. The molecule has 0 aromatic heterocycles. The van der Waals surface area contributed by atoms with Gasteiger partial charge in [0.1, 0.15) is 12.7 Å². The third kappa shape index (κ3) is 11.2. The molecule has 5 atom stereocenters. The Bertz CT molecular complexity index is 589. The zero-order valence-electron chi connectivity index (χ0n) is 20.8. The van der Waals surface area contributed by atoms with Gasteiger partial charge in [0.15, 0.2) is 5.78 Å². The van der Waals surface area contributed by atoms with Crippen LogP contribution in [0.3, 0.4) is 0 Å². The van der Waals surface area contributed by atoms with Crippen LogP contribution in [0.4, 0.5) is 0 Å². The lowest BCUT2D eigenvalue weighted by Gasteiger charge is -2.22. The van der Waals surface area contributed by atoms with Gasteiger partial charge in [-0.05, 0) is 44.9 Å². The smallest absolute Gasteiger partial charge is 0.302 e. The Kier molecular flexibility index (Phi) is 13.9. The fraction of sp³-hybridized carbons (Fsp3) is 0.852. The van der Waals surface area contributed by atoms with Crippen molar-refractivity contribution < 1.29 is 28.9 Å². The van der Waals surface area contributed by atoms with Gasteiger partial charge >= 0.3 is 5.97 Å². The monoisotopic (exact) mass is 466 g/mol. The van der Waals surface area contributed by atoms with Crippen molar-refractivity contribution >= 4 is 11.8 Å². The number of allylic oxidation sites excluding steroid dienone is 1. The highest BCUT2D eigenvalue weighted by Crippen LogP contribution is 2.33. The van der Waals surface area contributed by atoms with Gasteiger partial charge in [0.2, 0.25) is 0 Å². The van der Waals surface area contributed by atoms with Crippen LogP contribution in [0, 0.1) is 0 Å². The standard InChI is InChI=1S/C27H46O6/c1-3-4-5-6-7-8-9-11-14-22(29)24-16-18-26(32-24)27-19-17-25(33-27)23(30)15-12-10-13-20-31-21(2)28/h10,13,23-27,30H,3-9,11-12,14-20H2,1-2H3/b13-10+/t23-,24-,25-,26+,27+/m1/s1. The van der Waals surface area contributed by atoms with E-state index in [-0.39, 0.29) is 42.8 Å². The van der Waals surface area contributed by atoms with Gasteiger partial charge in [-0.1, -0.05) is 64.0 Å². The van der Waals surface area contributed by atoms with Crippen molar-refractivity contribution in [2.24, 2.45) is 0 Å². The van der Waals surface area contributed by atoms with Crippen molar-refractivity contribution in [1.82, 2.24) is 0 Å². The summed E-state index contributed by atoms with van der Waals surface area (Å²) in [5.41, 5.74) is 0. The molecule has 2 saturated heterocycles. The molecule has 0 aromatic carbocycles. The molecule has 0 amide bonds. The molecule has 0 aromatic rings. The summed E-state index contributed by atoms with van der Waals surface area (Å²) < 4.78 is 17.1. The maximum absolute atomic E-state index is 12.5. The lowest BCUT2D eigenvalue weighted by Crippen LogP contribution is -2.32. The number of hydrogen-bond donors (Lipinski definition) is 1. The topological polar surface area (TPSA) is 82.1 Å². The van der Waals surface area contributed by atoms with Gasteiger partial charge in [-0.15, -0.1) is 0 Å². The maximum atomic E-state index is 12.5. The van der Waals surface area contributed by atoms with E-state index < -0.39 is 6.10 Å². The molecular weight excluding hydrogens is 420 g/mol. The Labute approximate surface area is 200 Å². The molecule has 2 aliphatic heterocycles. The van der Waals surface area contributed by atoms with Crippen LogP contribution < -0.4 is 0 Å². The minimum Gasteiger partial charge on any atom is -0.462 e. The van der Waals surface area contributed by atoms with Crippen LogP contribution in [0.15, 0.2) is 12.2 Å². The Hall–Kier alpha value is -1.24. The van der Waals surface area contributed by atoms with Gasteiger partial charge in [0.25, 0.3) is 0 Å². The lowest BCUT2D eigenvalue weighted by atomic mass is 10.0. The molecule has 0 saturated carbocycles. The number of ketones is 1. The largest absolute Gasteiger partial charge is 0.462 e. The first-order valence-corrected chi connectivity index (χ1v) is 13.3. The first kappa shape index (κ1) is 28.0. The molecule has 1 N–H and O–H groups in total. The number of ether oxygens (including phenoxy) is 3. The first-order valence-electron chi connectivity index (χ1n) is 13.3. The molecule has 2 rings (SSSR count). The van der Waals surface area contributed by atoms with Crippen LogP contribution in [-0.2, 0) is 23.8 Å². The minimum absolute atomic E-state index is 0.0231. The van der Waals surface area contributed by atoms with Crippen molar-refractivity contribution in [3.05, 3.63) is 12.2 Å². The quantitative estimate of drug-likeness (QED) is 0.175. The number of unbranched alkanes of at least 4 members (excludes halogenated alkanes) is 7. The number of Topliss-reactive ketones (excluding diaryl/α,β-unsaturated/α-hetero) is 1. The number of carbonyl (C=O) groups excluding carboxylic acids is 2. The summed E-state index contributed by atoms with van der Waals surface area (Å²) in [4.78, 5) is 23.3. The van der Waals surface area contributed by atoms with E-state index in [1.54, 1.807) is 6.08 Å². The summed E-state index contributed by atoms with van der Waals surface area (Å²) in [5.74, 6) is -0.0464. The minimum atomic E-state index is -0.519. The molecule has 0 radical (unpaired) electrons. The average molecular weight is 467 g/mol. The van der Waals surface area contributed by atoms with Gasteiger partial charge in [0, 0.05) is 13.3 Å². The van der Waals surface area contributed by atoms with Crippen LogP contribution in [-0.4, -0.2) is 54.0 Å². The number of aliphatic hydroxyl groups excluding tert-OH is 1. The van der Waals surface area contributed by atoms with E-state index in [0.29, 0.717) is 19.3 Å². The number of hydrogen-bond acceptors (Lipinski definition) is 6. The molecule has 2 aliphatic rings. The highest BCUT2D eigenvalue weighted by atomic mass is 16.6. The first-order chi connectivity index (χ1) is 16.0. The molecular formula is C27H46O6. The Morgan fingerprint density at radius 2 is 1.61 bits per heavy atom. The zero-order chi connectivity index (χ0) is 23.9. The van der Waals surface area contributed by atoms with Crippen molar-refractivity contribution in [3.63, 3.8) is 0 Å². The average Bonchev–Trinajstić information content (AvgIpc) is 3.47. The van der Waals surface area contributed by atoms with Gasteiger partial charge in [-0.2, -0.15) is 0 Å². The third-order valence-electron chi connectivity index (χ3n) is 6.80. The molecule has 0 unspecified atom stereocenters. The van der Waals surface area contributed by atoms with E-state index in [1.165, 1.54) is 45.4 Å². The van der Waals surface area contributed by atoms with Crippen molar-refractivity contribution in [2.45, 2.75) is 141 Å². The molecule has 6 heteroatoms. The second-order valence-corrected chi connectivity index (χ2v) is 9.64. The van der Waals surface area contributed by atoms with E-state index in [2.05, 4.69) is 6.92 Å². The van der Waals surface area contributed by atoms with Crippen molar-refractivity contribution in [1.29, 1.82) is 0 Å². The summed E-state index contributed by atoms with van der Waals surface area (Å²) in [7, 11) is 0. The van der Waals surface area contributed by atoms with Crippen LogP contribution in [0.5, 0.6) is 0 Å². The third-order valence-corrected chi connectivity index (χ3v) is 6.80. The zero-order valence-corrected chi connectivity index (χ0v) is 20.8. The molecule has 0 spiro atoms. The molecule has 33 heavy (non-hydrogen) atoms. The van der Waals surface area contributed by atoms with Gasteiger partial charge in [-0.25, -0.2) is 0 Å². The summed E-state index contributed by atoms with van der Waals surface area (Å²) in [6, 6.07) is 0. The van der Waals surface area contributed by atoms with E-state index in [4.69, 9.17) is 14.2 Å². The molecule has 190 valence electrons. The predicted molar refractivity (Wildman–Crippen MR) is 129 cm³/mol. The molecule has 0 aliphatic carbocycles. The van der Waals surface area contributed by atoms with Crippen molar-refractivity contribution in [2.75, 3.05) is 6.61 Å². The highest BCUT2D eigenvalue weighted by Gasteiger charge is 2.40. The van der Waals surface area contributed by atoms with E-state index in [1.807, 2.05) is 6.08 Å². The Morgan fingerprint density at radius 1 is 0.939 bits per heavy atom. The summed E-state index contributed by atoms with van der Waals surface area (Å²) in [5, 5.41) is 10.5. The molecule has 0 bridgehead atoms. The summed E-state index contributed by atoms with van der Waals surface area (Å²) in [6.07, 6.45) is 17.9. The maximum Gasteiger partial charge on any atom is 0.302 e. The van der Waals surface area contributed by atoms with Gasteiger partial charge in [-0.3, -0.25) is 9.59 Å². The molecule has 2 fully saturated rings. The lowest BCUT2D eigenvalue weighted by molar-refractivity contribution is -0.139. The van der Waals surface area contributed by atoms with Gasteiger partial charge < -0.3 is 19.3 Å². The summed E-state index contributed by atoms with van der Waals surface area (Å²) in [6.45, 7) is 3.89. The predicted octanol–water partition coefficient (Wildman–Crippen LogP) is 5.44. The number of carbonyl (C=O) groups is 2. The molecule has 6 nitrogen and oxygen atoms in total. The van der Waals surface area contributed by atoms with E-state index in [0.717, 1.165) is 38.5 Å². The highest BCUT2D eigenvalue weighted by molar-refractivity contribution is 5.83. The van der Waals surface area contributed by atoms with Gasteiger partial charge in [0.05, 0.1) is 24.4 Å². The Balaban J connectivity index is 1.56. The van der Waals surface area contributed by atoms with Crippen LogP contribution >= 0.6 is 0 Å². The Morgan fingerprint density at radius 3 is 2.33 bits per heavy atom. The van der Waals surface area contributed by atoms with Crippen LogP contribution in [0.1, 0.15) is 110 Å². The fourth-order valence-corrected chi connectivity index (χ4v) is 4.82. The number of rotatable bonds is 17. The second-order valence-electron chi connectivity index (χ2n) is 9.64. The van der Waals surface area contributed by atoms with Crippen LogP contribution in [0.25, 0.3) is 0 Å². The summed E-state index contributed by atoms with van der Waals surface area (Å²) >= 11 is 0. The number of esters is 1. The SMILES string of the molecule is CCCCCCCCCCC(=O)[C@H]1CC[C@@H]([C@@H]2CC[C@H]([C@H](O)CC/C=C/COC(C)=O)O2)O1. The van der Waals surface area contributed by atoms with E-state index >= 15 is 0 Å². The van der Waals surface area contributed by atoms with E-state index in [9.17, 15) is 14.7 Å².